The lowest BCUT2D eigenvalue weighted by atomic mass is 9.97. The van der Waals surface area contributed by atoms with Crippen LogP contribution in [0.3, 0.4) is 0 Å². The number of rotatable bonds is 5. The van der Waals surface area contributed by atoms with Crippen LogP contribution < -0.4 is 5.32 Å². The SMILES string of the molecule is Cc1nn(C)cc1C(C)N(CC1CCCNC1)C1CC1. The van der Waals surface area contributed by atoms with Gasteiger partial charge in [-0.3, -0.25) is 9.58 Å². The van der Waals surface area contributed by atoms with E-state index in [2.05, 4.69) is 35.4 Å². The van der Waals surface area contributed by atoms with E-state index in [-0.39, 0.29) is 0 Å². The van der Waals surface area contributed by atoms with Gasteiger partial charge in [-0.25, -0.2) is 0 Å². The highest BCUT2D eigenvalue weighted by Crippen LogP contribution is 2.36. The molecule has 0 radical (unpaired) electrons. The maximum Gasteiger partial charge on any atom is 0.0641 e. The fourth-order valence-electron chi connectivity index (χ4n) is 3.61. The summed E-state index contributed by atoms with van der Waals surface area (Å²) in [5.74, 6) is 0.823. The van der Waals surface area contributed by atoms with Gasteiger partial charge in [0.25, 0.3) is 0 Å². The standard InChI is InChI=1S/C16H28N4/c1-12-16(11-19(3)18-12)13(2)20(15-6-7-15)10-14-5-4-8-17-9-14/h11,13-15,17H,4-10H2,1-3H3. The van der Waals surface area contributed by atoms with E-state index >= 15 is 0 Å². The maximum atomic E-state index is 4.52. The van der Waals surface area contributed by atoms with Crippen LogP contribution in [0, 0.1) is 12.8 Å². The third-order valence-electron chi connectivity index (χ3n) is 4.88. The van der Waals surface area contributed by atoms with Gasteiger partial charge in [-0.1, -0.05) is 0 Å². The molecule has 0 bridgehead atoms. The first-order valence-electron chi connectivity index (χ1n) is 8.11. The third-order valence-corrected chi connectivity index (χ3v) is 4.88. The highest BCUT2D eigenvalue weighted by Gasteiger charge is 2.35. The predicted molar refractivity (Wildman–Crippen MR) is 81.7 cm³/mol. The van der Waals surface area contributed by atoms with Crippen LogP contribution in [0.15, 0.2) is 6.20 Å². The number of nitrogens with zero attached hydrogens (tertiary/aromatic N) is 3. The second-order valence-corrected chi connectivity index (χ2v) is 6.66. The summed E-state index contributed by atoms with van der Waals surface area (Å²) in [5, 5.41) is 8.07. The van der Waals surface area contributed by atoms with Gasteiger partial charge in [-0.15, -0.1) is 0 Å². The number of hydrogen-bond acceptors (Lipinski definition) is 3. The van der Waals surface area contributed by atoms with Crippen molar-refractivity contribution in [3.05, 3.63) is 17.5 Å². The van der Waals surface area contributed by atoms with Crippen LogP contribution in [-0.2, 0) is 7.05 Å². The molecule has 0 spiro atoms. The van der Waals surface area contributed by atoms with Gasteiger partial charge in [-0.2, -0.15) is 5.10 Å². The fourth-order valence-corrected chi connectivity index (χ4v) is 3.61. The molecule has 0 amide bonds. The van der Waals surface area contributed by atoms with Crippen LogP contribution in [0.5, 0.6) is 0 Å². The van der Waals surface area contributed by atoms with Crippen molar-refractivity contribution >= 4 is 0 Å². The minimum atomic E-state index is 0.498. The molecular formula is C16H28N4. The molecular weight excluding hydrogens is 248 g/mol. The summed E-state index contributed by atoms with van der Waals surface area (Å²) in [6.45, 7) is 8.14. The summed E-state index contributed by atoms with van der Waals surface area (Å²) in [7, 11) is 2.02. The van der Waals surface area contributed by atoms with Crippen LogP contribution in [0.1, 0.15) is 49.9 Å². The minimum absolute atomic E-state index is 0.498. The van der Waals surface area contributed by atoms with Crippen molar-refractivity contribution in [2.75, 3.05) is 19.6 Å². The van der Waals surface area contributed by atoms with Gasteiger partial charge in [0.2, 0.25) is 0 Å². The smallest absolute Gasteiger partial charge is 0.0641 e. The van der Waals surface area contributed by atoms with Gasteiger partial charge in [0, 0.05) is 37.4 Å². The summed E-state index contributed by atoms with van der Waals surface area (Å²) in [6, 6.07) is 1.31. The summed E-state index contributed by atoms with van der Waals surface area (Å²) < 4.78 is 1.95. The van der Waals surface area contributed by atoms with Crippen LogP contribution >= 0.6 is 0 Å². The Bertz CT molecular complexity index is 443. The average molecular weight is 276 g/mol. The first-order valence-corrected chi connectivity index (χ1v) is 8.11. The molecule has 2 fully saturated rings. The lowest BCUT2D eigenvalue weighted by molar-refractivity contribution is 0.153. The number of nitrogens with one attached hydrogen (secondary N) is 1. The molecule has 1 aromatic heterocycles. The lowest BCUT2D eigenvalue weighted by Crippen LogP contribution is -2.40. The summed E-state index contributed by atoms with van der Waals surface area (Å²) in [4.78, 5) is 2.74. The summed E-state index contributed by atoms with van der Waals surface area (Å²) in [5.41, 5.74) is 2.59. The van der Waals surface area contributed by atoms with Crippen molar-refractivity contribution in [1.82, 2.24) is 20.0 Å². The van der Waals surface area contributed by atoms with E-state index in [1.54, 1.807) is 0 Å². The Morgan fingerprint density at radius 3 is 2.80 bits per heavy atom. The van der Waals surface area contributed by atoms with Gasteiger partial charge in [0.15, 0.2) is 0 Å². The highest BCUT2D eigenvalue weighted by atomic mass is 15.3. The molecule has 2 heterocycles. The Kier molecular flexibility index (Phi) is 4.13. The first-order chi connectivity index (χ1) is 9.65. The molecule has 4 heteroatoms. The second kappa shape index (κ2) is 5.86. The minimum Gasteiger partial charge on any atom is -0.316 e. The fraction of sp³-hybridized carbons (Fsp3) is 0.812. The maximum absolute atomic E-state index is 4.52. The molecule has 1 aromatic rings. The Balaban J connectivity index is 1.71. The van der Waals surface area contributed by atoms with Gasteiger partial charge in [0.05, 0.1) is 5.69 Å². The molecule has 2 unspecified atom stereocenters. The van der Waals surface area contributed by atoms with E-state index in [0.29, 0.717) is 6.04 Å². The molecule has 4 nitrogen and oxygen atoms in total. The molecule has 2 aliphatic rings. The normalized spacial score (nSPS) is 25.1. The number of hydrogen-bond donors (Lipinski definition) is 1. The van der Waals surface area contributed by atoms with E-state index in [0.717, 1.165) is 12.0 Å². The summed E-state index contributed by atoms with van der Waals surface area (Å²) >= 11 is 0. The average Bonchev–Trinajstić information content (AvgIpc) is 3.22. The molecule has 1 aliphatic heterocycles. The van der Waals surface area contributed by atoms with Gasteiger partial charge < -0.3 is 5.32 Å². The Hall–Kier alpha value is -0.870. The molecule has 112 valence electrons. The van der Waals surface area contributed by atoms with Gasteiger partial charge >= 0.3 is 0 Å². The second-order valence-electron chi connectivity index (χ2n) is 6.66. The third kappa shape index (κ3) is 3.07. The van der Waals surface area contributed by atoms with Crippen molar-refractivity contribution < 1.29 is 0 Å². The number of aromatic nitrogens is 2. The Morgan fingerprint density at radius 2 is 2.25 bits per heavy atom. The molecule has 1 saturated heterocycles. The lowest BCUT2D eigenvalue weighted by Gasteiger charge is -2.34. The topological polar surface area (TPSA) is 33.1 Å². The van der Waals surface area contributed by atoms with Gasteiger partial charge in [-0.05, 0) is 58.5 Å². The molecule has 1 aliphatic carbocycles. The number of piperidine rings is 1. The Morgan fingerprint density at radius 1 is 1.45 bits per heavy atom. The van der Waals surface area contributed by atoms with Crippen molar-refractivity contribution in [3.63, 3.8) is 0 Å². The number of aryl methyl sites for hydroxylation is 2. The monoisotopic (exact) mass is 276 g/mol. The molecule has 1 N–H and O–H groups in total. The van der Waals surface area contributed by atoms with Gasteiger partial charge in [0.1, 0.15) is 0 Å². The van der Waals surface area contributed by atoms with Crippen molar-refractivity contribution in [1.29, 1.82) is 0 Å². The van der Waals surface area contributed by atoms with Crippen LogP contribution in [0.2, 0.25) is 0 Å². The zero-order valence-electron chi connectivity index (χ0n) is 13.1. The largest absolute Gasteiger partial charge is 0.316 e. The summed E-state index contributed by atoms with van der Waals surface area (Å²) in [6.07, 6.45) is 7.68. The van der Waals surface area contributed by atoms with E-state index < -0.39 is 0 Å². The molecule has 2 atom stereocenters. The van der Waals surface area contributed by atoms with Crippen molar-refractivity contribution in [2.24, 2.45) is 13.0 Å². The van der Waals surface area contributed by atoms with Crippen LogP contribution in [0.4, 0.5) is 0 Å². The Labute approximate surface area is 122 Å². The first kappa shape index (κ1) is 14.1. The molecule has 0 aromatic carbocycles. The zero-order valence-corrected chi connectivity index (χ0v) is 13.1. The van der Waals surface area contributed by atoms with E-state index in [9.17, 15) is 0 Å². The van der Waals surface area contributed by atoms with Crippen molar-refractivity contribution in [3.8, 4) is 0 Å². The van der Waals surface area contributed by atoms with Crippen molar-refractivity contribution in [2.45, 2.75) is 51.6 Å². The van der Waals surface area contributed by atoms with E-state index in [4.69, 9.17) is 0 Å². The highest BCUT2D eigenvalue weighted by molar-refractivity contribution is 5.20. The molecule has 3 rings (SSSR count). The van der Waals surface area contributed by atoms with E-state index in [1.165, 1.54) is 56.6 Å². The predicted octanol–water partition coefficient (Wildman–Crippen LogP) is 2.25. The van der Waals surface area contributed by atoms with E-state index in [1.807, 2.05) is 11.7 Å². The molecule has 20 heavy (non-hydrogen) atoms. The van der Waals surface area contributed by atoms with Crippen LogP contribution in [0.25, 0.3) is 0 Å². The quantitative estimate of drug-likeness (QED) is 0.895. The van der Waals surface area contributed by atoms with Crippen LogP contribution in [-0.4, -0.2) is 40.4 Å². The molecule has 1 saturated carbocycles. The zero-order chi connectivity index (χ0) is 14.1.